The fraction of sp³-hybridized carbons (Fsp3) is 0.636. The molecule has 0 aromatic rings. The van der Waals surface area contributed by atoms with E-state index in [0.717, 1.165) is 0 Å². The first-order chi connectivity index (χ1) is 19.1. The van der Waals surface area contributed by atoms with Crippen LogP contribution in [0.1, 0.15) is 33.6 Å². The second-order valence-electron chi connectivity index (χ2n) is 8.82. The number of aliphatic imine (C=N–C) groups is 1. The summed E-state index contributed by atoms with van der Waals surface area (Å²) in [6.45, 7) is 2.21. The number of carboxylic acid groups (broad SMARTS) is 1. The second-order valence-corrected chi connectivity index (χ2v) is 8.82. The zero-order chi connectivity index (χ0) is 31.7. The third-order valence-corrected chi connectivity index (χ3v) is 5.27. The van der Waals surface area contributed by atoms with E-state index in [1.54, 1.807) is 0 Å². The Morgan fingerprint density at radius 3 is 1.68 bits per heavy atom. The minimum absolute atomic E-state index is 0.0250. The van der Waals surface area contributed by atoms with Crippen molar-refractivity contribution >= 4 is 47.4 Å². The average Bonchev–Trinajstić information content (AvgIpc) is 2.90. The molecule has 0 aliphatic rings. The van der Waals surface area contributed by atoms with Crippen LogP contribution in [0.15, 0.2) is 4.99 Å². The molecule has 14 N–H and O–H groups in total. The van der Waals surface area contributed by atoms with Gasteiger partial charge in [0.15, 0.2) is 5.96 Å². The van der Waals surface area contributed by atoms with Crippen LogP contribution in [-0.2, 0) is 33.6 Å². The van der Waals surface area contributed by atoms with Crippen LogP contribution < -0.4 is 49.1 Å². The zero-order valence-corrected chi connectivity index (χ0v) is 23.1. The minimum atomic E-state index is -1.52. The number of hydrogen-bond acceptors (Lipinski definition) is 10. The Kier molecular flexibility index (Phi) is 16.6. The maximum Gasteiger partial charge on any atom is 0.322 e. The van der Waals surface area contributed by atoms with Gasteiger partial charge in [-0.05, 0) is 33.6 Å². The lowest BCUT2D eigenvalue weighted by atomic mass is 10.1. The van der Waals surface area contributed by atoms with Crippen LogP contribution in [0.2, 0.25) is 0 Å². The van der Waals surface area contributed by atoms with Gasteiger partial charge >= 0.3 is 5.97 Å². The standard InChI is InChI=1S/C22H40N10O9/c1-10(28-15(34)7-23)17(37)29-11(2)18(38)30-12(3)19(39)31-13(5-4-6-26-22(24)25)21(41)32-14(9-33)20(40)27-8-16(35)36/h10-14,33H,4-9,23H2,1-3H3,(H,27,40)(H,28,34)(H,29,37)(H,30,38)(H,31,39)(H,32,41)(H,35,36)(H4,24,25,26)/t10-,11-,12-,13-,14-/m0/s1. The number of rotatable bonds is 18. The average molecular weight is 589 g/mol. The van der Waals surface area contributed by atoms with Crippen molar-refractivity contribution in [3.8, 4) is 0 Å². The monoisotopic (exact) mass is 588 g/mol. The summed E-state index contributed by atoms with van der Waals surface area (Å²) >= 11 is 0. The summed E-state index contributed by atoms with van der Waals surface area (Å²) in [4.78, 5) is 88.2. The second kappa shape index (κ2) is 18.7. The Balaban J connectivity index is 5.31. The van der Waals surface area contributed by atoms with Crippen LogP contribution >= 0.6 is 0 Å². The maximum absolute atomic E-state index is 12.9. The molecule has 0 saturated heterocycles. The molecule has 0 aromatic carbocycles. The molecule has 41 heavy (non-hydrogen) atoms. The number of carbonyl (C=O) groups is 7. The number of aliphatic hydroxyl groups excluding tert-OH is 1. The van der Waals surface area contributed by atoms with Crippen LogP contribution in [-0.4, -0.2) is 114 Å². The predicted molar refractivity (Wildman–Crippen MR) is 143 cm³/mol. The third kappa shape index (κ3) is 15.0. The zero-order valence-electron chi connectivity index (χ0n) is 23.1. The highest BCUT2D eigenvalue weighted by atomic mass is 16.4. The number of carboxylic acids is 1. The van der Waals surface area contributed by atoms with Crippen molar-refractivity contribution in [1.82, 2.24) is 31.9 Å². The number of nitrogens with two attached hydrogens (primary N) is 3. The number of hydrogen-bond donors (Lipinski definition) is 11. The first kappa shape index (κ1) is 36.5. The predicted octanol–water partition coefficient (Wildman–Crippen LogP) is -6.32. The van der Waals surface area contributed by atoms with E-state index in [1.165, 1.54) is 20.8 Å². The molecule has 19 nitrogen and oxygen atoms in total. The summed E-state index contributed by atoms with van der Waals surface area (Å²) in [5, 5.41) is 31.9. The Morgan fingerprint density at radius 1 is 0.732 bits per heavy atom. The molecule has 6 amide bonds. The lowest BCUT2D eigenvalue weighted by Gasteiger charge is -2.24. The SMILES string of the molecule is C[C@H](NC(=O)CN)C(=O)N[C@@H](C)C(=O)N[C@@H](C)C(=O)N[C@@H](CCCN=C(N)N)C(=O)N[C@@H](CO)C(=O)NCC(=O)O. The first-order valence-electron chi connectivity index (χ1n) is 12.5. The Labute approximate surface area is 235 Å². The molecular weight excluding hydrogens is 548 g/mol. The smallest absolute Gasteiger partial charge is 0.322 e. The molecule has 0 rings (SSSR count). The fourth-order valence-electron chi connectivity index (χ4n) is 3.00. The molecular formula is C22H40N10O9. The maximum atomic E-state index is 12.9. The van der Waals surface area contributed by atoms with Gasteiger partial charge < -0.3 is 59.3 Å². The number of guanidine groups is 1. The molecule has 0 fully saturated rings. The van der Waals surface area contributed by atoms with E-state index >= 15 is 0 Å². The van der Waals surface area contributed by atoms with E-state index in [2.05, 4.69) is 31.6 Å². The van der Waals surface area contributed by atoms with Gasteiger partial charge in [0.1, 0.15) is 36.8 Å². The summed E-state index contributed by atoms with van der Waals surface area (Å²) in [7, 11) is 0. The Bertz CT molecular complexity index is 987. The molecule has 0 aliphatic carbocycles. The Morgan fingerprint density at radius 2 is 1.22 bits per heavy atom. The summed E-state index contributed by atoms with van der Waals surface area (Å²) in [6, 6.07) is -6.08. The normalized spacial score (nSPS) is 14.1. The van der Waals surface area contributed by atoms with Gasteiger partial charge in [0.05, 0.1) is 13.2 Å². The molecule has 0 radical (unpaired) electrons. The lowest BCUT2D eigenvalue weighted by molar-refractivity contribution is -0.139. The van der Waals surface area contributed by atoms with Crippen molar-refractivity contribution in [3.05, 3.63) is 0 Å². The highest BCUT2D eigenvalue weighted by molar-refractivity contribution is 5.96. The highest BCUT2D eigenvalue weighted by Crippen LogP contribution is 2.02. The highest BCUT2D eigenvalue weighted by Gasteiger charge is 2.29. The van der Waals surface area contributed by atoms with Crippen LogP contribution in [0, 0.1) is 0 Å². The summed E-state index contributed by atoms with van der Waals surface area (Å²) in [6.07, 6.45) is 0.177. The van der Waals surface area contributed by atoms with Gasteiger partial charge in [-0.3, -0.25) is 38.6 Å². The molecule has 0 aromatic heterocycles. The van der Waals surface area contributed by atoms with Gasteiger partial charge in [0.25, 0.3) is 0 Å². The lowest BCUT2D eigenvalue weighted by Crippen LogP contribution is -2.58. The molecule has 0 saturated carbocycles. The molecule has 19 heteroatoms. The van der Waals surface area contributed by atoms with Crippen molar-refractivity contribution in [2.45, 2.75) is 63.8 Å². The molecule has 0 unspecified atom stereocenters. The van der Waals surface area contributed by atoms with Crippen LogP contribution in [0.25, 0.3) is 0 Å². The van der Waals surface area contributed by atoms with Crippen molar-refractivity contribution < 1.29 is 43.8 Å². The van der Waals surface area contributed by atoms with Crippen LogP contribution in [0.3, 0.4) is 0 Å². The minimum Gasteiger partial charge on any atom is -0.480 e. The van der Waals surface area contributed by atoms with E-state index in [-0.39, 0.29) is 31.9 Å². The van der Waals surface area contributed by atoms with Crippen LogP contribution in [0.4, 0.5) is 0 Å². The molecule has 0 spiro atoms. The van der Waals surface area contributed by atoms with Gasteiger partial charge in [-0.25, -0.2) is 0 Å². The van der Waals surface area contributed by atoms with Crippen molar-refractivity contribution in [1.29, 1.82) is 0 Å². The first-order valence-corrected chi connectivity index (χ1v) is 12.5. The van der Waals surface area contributed by atoms with Crippen molar-refractivity contribution in [3.63, 3.8) is 0 Å². The van der Waals surface area contributed by atoms with Crippen molar-refractivity contribution in [2.75, 3.05) is 26.2 Å². The van der Waals surface area contributed by atoms with E-state index < -0.39 is 84.8 Å². The summed E-state index contributed by atoms with van der Waals surface area (Å²) in [5.74, 6) is -6.19. The number of aliphatic carboxylic acids is 1. The quantitative estimate of drug-likeness (QED) is 0.0404. The van der Waals surface area contributed by atoms with Gasteiger partial charge in [-0.15, -0.1) is 0 Å². The number of aliphatic hydroxyl groups is 1. The molecule has 0 heterocycles. The largest absolute Gasteiger partial charge is 0.480 e. The molecule has 5 atom stereocenters. The summed E-state index contributed by atoms with van der Waals surface area (Å²) < 4.78 is 0. The van der Waals surface area contributed by atoms with Gasteiger partial charge in [-0.2, -0.15) is 0 Å². The van der Waals surface area contributed by atoms with E-state index in [0.29, 0.717) is 0 Å². The van der Waals surface area contributed by atoms with Crippen molar-refractivity contribution in [2.24, 2.45) is 22.2 Å². The van der Waals surface area contributed by atoms with E-state index in [4.69, 9.17) is 22.3 Å². The number of nitrogens with zero attached hydrogens (tertiary/aromatic N) is 1. The van der Waals surface area contributed by atoms with Gasteiger partial charge in [0.2, 0.25) is 35.4 Å². The summed E-state index contributed by atoms with van der Waals surface area (Å²) in [5.41, 5.74) is 15.7. The van der Waals surface area contributed by atoms with E-state index in [1.807, 2.05) is 5.32 Å². The molecule has 0 bridgehead atoms. The fourth-order valence-corrected chi connectivity index (χ4v) is 3.00. The third-order valence-electron chi connectivity index (χ3n) is 5.27. The topological polar surface area (TPSA) is 323 Å². The van der Waals surface area contributed by atoms with Crippen LogP contribution in [0.5, 0.6) is 0 Å². The van der Waals surface area contributed by atoms with Gasteiger partial charge in [0, 0.05) is 6.54 Å². The molecule has 232 valence electrons. The molecule has 0 aliphatic heterocycles. The van der Waals surface area contributed by atoms with Gasteiger partial charge in [-0.1, -0.05) is 0 Å². The number of nitrogens with one attached hydrogen (secondary N) is 6. The van der Waals surface area contributed by atoms with E-state index in [9.17, 15) is 38.7 Å². The number of amides is 6. The Hall–Kier alpha value is -4.52. The number of carbonyl (C=O) groups excluding carboxylic acids is 6.